The quantitative estimate of drug-likeness (QED) is 0.541. The van der Waals surface area contributed by atoms with Crippen LogP contribution in [-0.4, -0.2) is 29.3 Å². The normalized spacial score (nSPS) is 14.8. The number of nitrogens with one attached hydrogen (secondary N) is 2. The Bertz CT molecular complexity index is 1340. The van der Waals surface area contributed by atoms with Gasteiger partial charge in [-0.05, 0) is 52.9 Å². The molecule has 7 nitrogen and oxygen atoms in total. The number of anilines is 1. The van der Waals surface area contributed by atoms with Crippen molar-refractivity contribution in [2.45, 2.75) is 20.8 Å². The Morgan fingerprint density at radius 1 is 1.06 bits per heavy atom. The molecule has 0 radical (unpaired) electrons. The molecular weight excluding hydrogens is 463 g/mol. The maximum Gasteiger partial charge on any atom is 0.240 e. The molecule has 0 aliphatic carbocycles. The van der Waals surface area contributed by atoms with Gasteiger partial charge in [-0.15, -0.1) is 11.3 Å². The number of halogens is 1. The van der Waals surface area contributed by atoms with Crippen LogP contribution >= 0.6 is 11.3 Å². The molecule has 0 spiro atoms. The molecule has 0 bridgehead atoms. The van der Waals surface area contributed by atoms with Crippen molar-refractivity contribution in [3.8, 4) is 0 Å². The first-order valence-electron chi connectivity index (χ1n) is 9.12. The minimum Gasteiger partial charge on any atom is -0.326 e. The molecule has 1 aliphatic heterocycles. The van der Waals surface area contributed by atoms with E-state index in [9.17, 15) is 26.0 Å². The number of carbonyl (C=O) groups excluding carboxylic acids is 1. The predicted octanol–water partition coefficient (Wildman–Crippen LogP) is 2.88. The third kappa shape index (κ3) is 4.40. The van der Waals surface area contributed by atoms with Crippen LogP contribution in [0, 0.1) is 5.82 Å². The summed E-state index contributed by atoms with van der Waals surface area (Å²) in [6.07, 6.45) is 0.0731. The molecule has 0 saturated carbocycles. The number of rotatable bonds is 7. The summed E-state index contributed by atoms with van der Waals surface area (Å²) in [5, 5.41) is 2.98. The van der Waals surface area contributed by atoms with Gasteiger partial charge in [0.25, 0.3) is 0 Å². The maximum atomic E-state index is 13.4. The lowest BCUT2D eigenvalue weighted by atomic mass is 10.1. The fourth-order valence-electron chi connectivity index (χ4n) is 3.29. The molecule has 162 valence electrons. The van der Waals surface area contributed by atoms with Crippen LogP contribution in [0.1, 0.15) is 16.4 Å². The van der Waals surface area contributed by atoms with E-state index >= 15 is 0 Å². The van der Waals surface area contributed by atoms with Crippen molar-refractivity contribution in [1.29, 1.82) is 0 Å². The second-order valence-electron chi connectivity index (χ2n) is 6.91. The van der Waals surface area contributed by atoms with Crippen LogP contribution in [0.2, 0.25) is 0 Å². The fraction of sp³-hybridized carbons (Fsp3) is 0.150. The number of carbonyl (C=O) groups is 1. The van der Waals surface area contributed by atoms with Crippen LogP contribution in [0.5, 0.6) is 0 Å². The Morgan fingerprint density at radius 2 is 1.81 bits per heavy atom. The summed E-state index contributed by atoms with van der Waals surface area (Å²) >= 11 is 1.02. The van der Waals surface area contributed by atoms with Crippen molar-refractivity contribution in [2.75, 3.05) is 11.9 Å². The molecule has 1 aromatic heterocycles. The second kappa shape index (κ2) is 8.15. The van der Waals surface area contributed by atoms with Crippen LogP contribution in [0.25, 0.3) is 0 Å². The Morgan fingerprint density at radius 3 is 2.48 bits per heavy atom. The molecule has 2 aromatic carbocycles. The first kappa shape index (κ1) is 21.6. The molecule has 11 heteroatoms. The summed E-state index contributed by atoms with van der Waals surface area (Å²) in [5.74, 6) is -0.756. The molecule has 2 N–H and O–H groups in total. The topological polar surface area (TPSA) is 109 Å². The molecule has 1 amide bonds. The smallest absolute Gasteiger partial charge is 0.240 e. The first-order chi connectivity index (χ1) is 14.7. The lowest BCUT2D eigenvalue weighted by Gasteiger charge is -2.18. The van der Waals surface area contributed by atoms with Gasteiger partial charge < -0.3 is 5.32 Å². The summed E-state index contributed by atoms with van der Waals surface area (Å²) in [6, 6.07) is 12.2. The van der Waals surface area contributed by atoms with Crippen molar-refractivity contribution in [3.63, 3.8) is 0 Å². The average Bonchev–Trinajstić information content (AvgIpc) is 3.38. The minimum absolute atomic E-state index is 0.0731. The highest BCUT2D eigenvalue weighted by atomic mass is 32.2. The van der Waals surface area contributed by atoms with Gasteiger partial charge >= 0.3 is 0 Å². The molecule has 2 heterocycles. The van der Waals surface area contributed by atoms with Gasteiger partial charge in [0, 0.05) is 12.2 Å². The monoisotopic (exact) mass is 480 g/mol. The van der Waals surface area contributed by atoms with Crippen molar-refractivity contribution in [2.24, 2.45) is 0 Å². The molecule has 3 aromatic rings. The van der Waals surface area contributed by atoms with Crippen LogP contribution < -0.4 is 10.0 Å². The summed E-state index contributed by atoms with van der Waals surface area (Å²) < 4.78 is 67.8. The fourth-order valence-corrected chi connectivity index (χ4v) is 7.36. The van der Waals surface area contributed by atoms with Crippen molar-refractivity contribution < 1.29 is 26.0 Å². The Hall–Kier alpha value is -2.60. The third-order valence-corrected chi connectivity index (χ3v) is 9.82. The van der Waals surface area contributed by atoms with Crippen molar-refractivity contribution in [1.82, 2.24) is 4.72 Å². The van der Waals surface area contributed by atoms with E-state index in [2.05, 4.69) is 10.0 Å². The molecule has 1 aliphatic rings. The predicted molar refractivity (Wildman–Crippen MR) is 115 cm³/mol. The van der Waals surface area contributed by atoms with Gasteiger partial charge in [-0.25, -0.2) is 25.9 Å². The largest absolute Gasteiger partial charge is 0.326 e. The number of hydrogen-bond acceptors (Lipinski definition) is 6. The summed E-state index contributed by atoms with van der Waals surface area (Å²) in [6.45, 7) is -0.442. The molecule has 1 unspecified atom stereocenters. The van der Waals surface area contributed by atoms with Gasteiger partial charge in [-0.2, -0.15) is 0 Å². The summed E-state index contributed by atoms with van der Waals surface area (Å²) in [4.78, 5) is 11.4. The van der Waals surface area contributed by atoms with Crippen molar-refractivity contribution >= 4 is 42.8 Å². The Labute approximate surface area is 182 Å². The molecular formula is C20H17FN2O5S3. The number of benzene rings is 2. The highest BCUT2D eigenvalue weighted by Gasteiger charge is 2.32. The van der Waals surface area contributed by atoms with Gasteiger partial charge in [-0.3, -0.25) is 4.79 Å². The molecule has 4 rings (SSSR count). The third-order valence-electron chi connectivity index (χ3n) is 4.86. The van der Waals surface area contributed by atoms with E-state index in [4.69, 9.17) is 0 Å². The molecule has 0 fully saturated rings. The molecule has 1 atom stereocenters. The van der Waals surface area contributed by atoms with E-state index in [-0.39, 0.29) is 27.0 Å². The van der Waals surface area contributed by atoms with Crippen molar-refractivity contribution in [3.05, 3.63) is 76.9 Å². The number of sulfonamides is 1. The van der Waals surface area contributed by atoms with E-state index in [1.165, 1.54) is 36.4 Å². The summed E-state index contributed by atoms with van der Waals surface area (Å²) in [7, 11) is -7.99. The number of sulfone groups is 1. The number of fused-ring (bicyclic) bond motifs is 1. The zero-order chi connectivity index (χ0) is 22.2. The highest BCUT2D eigenvalue weighted by Crippen LogP contribution is 2.32. The second-order valence-corrected chi connectivity index (χ2v) is 12.0. The van der Waals surface area contributed by atoms with E-state index in [0.717, 1.165) is 23.5 Å². The lowest BCUT2D eigenvalue weighted by molar-refractivity contribution is -0.115. The zero-order valence-electron chi connectivity index (χ0n) is 15.9. The minimum atomic E-state index is -4.06. The van der Waals surface area contributed by atoms with Gasteiger partial charge in [0.1, 0.15) is 15.3 Å². The maximum absolute atomic E-state index is 13.4. The number of amides is 1. The Balaban J connectivity index is 1.64. The lowest BCUT2D eigenvalue weighted by Crippen LogP contribution is -2.32. The first-order valence-corrected chi connectivity index (χ1v) is 13.0. The van der Waals surface area contributed by atoms with E-state index in [0.29, 0.717) is 11.3 Å². The Kier molecular flexibility index (Phi) is 5.69. The van der Waals surface area contributed by atoms with E-state index in [1.54, 1.807) is 11.4 Å². The van der Waals surface area contributed by atoms with Crippen LogP contribution in [0.3, 0.4) is 0 Å². The van der Waals surface area contributed by atoms with Crippen LogP contribution in [0.4, 0.5) is 10.1 Å². The number of hydrogen-bond donors (Lipinski definition) is 2. The highest BCUT2D eigenvalue weighted by molar-refractivity contribution is 7.93. The average molecular weight is 481 g/mol. The van der Waals surface area contributed by atoms with E-state index < -0.39 is 37.5 Å². The van der Waals surface area contributed by atoms with E-state index in [1.807, 2.05) is 0 Å². The molecule has 31 heavy (non-hydrogen) atoms. The van der Waals surface area contributed by atoms with Crippen LogP contribution in [0.15, 0.2) is 69.1 Å². The van der Waals surface area contributed by atoms with Gasteiger partial charge in [-0.1, -0.05) is 18.2 Å². The van der Waals surface area contributed by atoms with Gasteiger partial charge in [0.05, 0.1) is 11.3 Å². The zero-order valence-corrected chi connectivity index (χ0v) is 18.4. The molecule has 0 saturated heterocycles. The number of thiophene rings is 1. The standard InChI is InChI=1S/C20H17FN2O5S3/c21-15-5-3-13(4-6-15)18(30(25,26)20-2-1-9-29-20)12-22-31(27,28)16-7-8-17-14(10-16)11-19(24)23-17/h1-10,18,22H,11-12H2,(H,23,24). The van der Waals surface area contributed by atoms with Gasteiger partial charge in [0.15, 0.2) is 9.84 Å². The summed E-state index contributed by atoms with van der Waals surface area (Å²) in [5.41, 5.74) is 1.36. The SMILES string of the molecule is O=C1Cc2cc(S(=O)(=O)NCC(c3ccc(F)cc3)S(=O)(=O)c3cccs3)ccc2N1. The van der Waals surface area contributed by atoms with Crippen LogP contribution in [-0.2, 0) is 31.1 Å². The van der Waals surface area contributed by atoms with Gasteiger partial charge in [0.2, 0.25) is 15.9 Å².